The largest absolute Gasteiger partial charge is 0.369 e. The highest BCUT2D eigenvalue weighted by atomic mass is 32.2. The second kappa shape index (κ2) is 9.51. The van der Waals surface area contributed by atoms with Crippen LogP contribution in [0.4, 0.5) is 10.1 Å². The van der Waals surface area contributed by atoms with E-state index < -0.39 is 26.3 Å². The third-order valence-electron chi connectivity index (χ3n) is 6.14. The van der Waals surface area contributed by atoms with Crippen molar-refractivity contribution in [2.45, 2.75) is 17.0 Å². The summed E-state index contributed by atoms with van der Waals surface area (Å²) in [6.45, 7) is 0.0604. The number of amides is 1. The van der Waals surface area contributed by atoms with E-state index in [-0.39, 0.29) is 24.1 Å². The Bertz CT molecular complexity index is 1550. The van der Waals surface area contributed by atoms with Crippen LogP contribution in [0.25, 0.3) is 0 Å². The second-order valence-electron chi connectivity index (χ2n) is 8.54. The number of anilines is 1. The van der Waals surface area contributed by atoms with Crippen LogP contribution < -0.4 is 10.5 Å². The summed E-state index contributed by atoms with van der Waals surface area (Å²) in [5.74, 6) is -1.12. The first-order chi connectivity index (χ1) is 17.8. The molecule has 0 aliphatic carbocycles. The number of nitrogens with zero attached hydrogens (tertiary/aromatic N) is 2. The van der Waals surface area contributed by atoms with Gasteiger partial charge in [-0.25, -0.2) is 17.8 Å². The van der Waals surface area contributed by atoms with Crippen LogP contribution in [0.2, 0.25) is 0 Å². The number of benzene rings is 4. The van der Waals surface area contributed by atoms with Crippen molar-refractivity contribution >= 4 is 27.6 Å². The highest BCUT2D eigenvalue weighted by molar-refractivity contribution is 7.92. The molecule has 0 saturated carbocycles. The molecule has 0 fully saturated rings. The van der Waals surface area contributed by atoms with Crippen LogP contribution in [0, 0.1) is 5.82 Å². The van der Waals surface area contributed by atoms with Gasteiger partial charge in [0.1, 0.15) is 10.7 Å². The fraction of sp³-hybridized carbons (Fsp3) is 0.0714. The number of guanidine groups is 1. The van der Waals surface area contributed by atoms with Gasteiger partial charge in [-0.15, -0.1) is 0 Å². The van der Waals surface area contributed by atoms with E-state index in [4.69, 9.17) is 5.73 Å². The molecule has 5 rings (SSSR count). The van der Waals surface area contributed by atoms with Gasteiger partial charge in [0.05, 0.1) is 6.54 Å². The molecule has 0 aromatic heterocycles. The van der Waals surface area contributed by atoms with E-state index in [0.29, 0.717) is 16.7 Å². The van der Waals surface area contributed by atoms with Gasteiger partial charge in [-0.1, -0.05) is 84.9 Å². The molecular formula is C28H23FN4O3S. The van der Waals surface area contributed by atoms with Crippen LogP contribution in [0.1, 0.15) is 16.7 Å². The third-order valence-corrected chi connectivity index (χ3v) is 7.56. The van der Waals surface area contributed by atoms with Gasteiger partial charge in [-0.2, -0.15) is 0 Å². The van der Waals surface area contributed by atoms with E-state index >= 15 is 0 Å². The Hall–Kier alpha value is -4.50. The summed E-state index contributed by atoms with van der Waals surface area (Å²) in [6.07, 6.45) is 0. The lowest BCUT2D eigenvalue weighted by Crippen LogP contribution is -2.43. The number of nitrogens with two attached hydrogens (primary N) is 1. The molecule has 3 N–H and O–H groups in total. The zero-order valence-electron chi connectivity index (χ0n) is 19.6. The molecule has 9 heteroatoms. The molecule has 0 bridgehead atoms. The van der Waals surface area contributed by atoms with Gasteiger partial charge in [0.25, 0.3) is 15.9 Å². The molecule has 0 radical (unpaired) electrons. The van der Waals surface area contributed by atoms with Crippen LogP contribution in [-0.2, 0) is 26.9 Å². The fourth-order valence-electron chi connectivity index (χ4n) is 4.42. The van der Waals surface area contributed by atoms with Crippen molar-refractivity contribution in [3.63, 3.8) is 0 Å². The SMILES string of the molecule is NC1=NC(c2ccccc2)(c2ccccc2)C(=O)N1Cc1cccc(NS(=O)(=O)c2ccccc2F)c1. The quantitative estimate of drug-likeness (QED) is 0.385. The number of aliphatic imine (C=N–C) groups is 1. The van der Waals surface area contributed by atoms with E-state index in [0.717, 1.165) is 6.07 Å². The molecule has 0 spiro atoms. The van der Waals surface area contributed by atoms with Crippen LogP contribution in [0.5, 0.6) is 0 Å². The molecule has 0 unspecified atom stereocenters. The van der Waals surface area contributed by atoms with E-state index in [9.17, 15) is 17.6 Å². The summed E-state index contributed by atoms with van der Waals surface area (Å²) in [5.41, 5.74) is 7.16. The van der Waals surface area contributed by atoms with E-state index in [1.54, 1.807) is 24.3 Å². The summed E-state index contributed by atoms with van der Waals surface area (Å²) < 4.78 is 41.9. The fourth-order valence-corrected chi connectivity index (χ4v) is 5.55. The minimum absolute atomic E-state index is 0.0510. The standard InChI is InChI=1S/C28H23FN4O3S/c29-24-16-7-8-17-25(24)37(35,36)32-23-15-9-10-20(18-23)19-33-26(34)28(31-27(33)30,21-11-3-1-4-12-21)22-13-5-2-6-14-22/h1-18,32H,19H2,(H2,30,31). The highest BCUT2D eigenvalue weighted by Gasteiger charge is 2.50. The van der Waals surface area contributed by atoms with Crippen LogP contribution in [-0.4, -0.2) is 25.2 Å². The van der Waals surface area contributed by atoms with Crippen LogP contribution in [0.15, 0.2) is 119 Å². The van der Waals surface area contributed by atoms with Gasteiger partial charge in [-0.3, -0.25) is 14.4 Å². The van der Waals surface area contributed by atoms with Crippen molar-refractivity contribution in [2.75, 3.05) is 4.72 Å². The van der Waals surface area contributed by atoms with Crippen molar-refractivity contribution in [1.82, 2.24) is 4.90 Å². The number of carbonyl (C=O) groups is 1. The van der Waals surface area contributed by atoms with Crippen molar-refractivity contribution in [3.8, 4) is 0 Å². The Kier molecular flexibility index (Phi) is 6.22. The number of nitrogens with one attached hydrogen (secondary N) is 1. The van der Waals surface area contributed by atoms with E-state index in [1.165, 1.54) is 23.1 Å². The second-order valence-corrected chi connectivity index (χ2v) is 10.2. The number of carbonyl (C=O) groups excluding carboxylic acids is 1. The first-order valence-electron chi connectivity index (χ1n) is 11.5. The molecule has 0 saturated heterocycles. The van der Waals surface area contributed by atoms with Crippen molar-refractivity contribution in [1.29, 1.82) is 0 Å². The number of hydrogen-bond donors (Lipinski definition) is 2. The number of hydrogen-bond acceptors (Lipinski definition) is 5. The lowest BCUT2D eigenvalue weighted by atomic mass is 9.83. The molecule has 1 amide bonds. The topological polar surface area (TPSA) is 105 Å². The highest BCUT2D eigenvalue weighted by Crippen LogP contribution is 2.40. The Morgan fingerprint density at radius 3 is 2.05 bits per heavy atom. The predicted octanol–water partition coefficient (Wildman–Crippen LogP) is 4.23. The lowest BCUT2D eigenvalue weighted by Gasteiger charge is -2.27. The summed E-state index contributed by atoms with van der Waals surface area (Å²) in [7, 11) is -4.15. The Morgan fingerprint density at radius 2 is 1.43 bits per heavy atom. The predicted molar refractivity (Wildman–Crippen MR) is 139 cm³/mol. The number of rotatable bonds is 7. The first-order valence-corrected chi connectivity index (χ1v) is 12.9. The monoisotopic (exact) mass is 514 g/mol. The smallest absolute Gasteiger partial charge is 0.266 e. The van der Waals surface area contributed by atoms with Gasteiger partial charge in [0, 0.05) is 5.69 Å². The van der Waals surface area contributed by atoms with Crippen LogP contribution in [0.3, 0.4) is 0 Å². The average molecular weight is 515 g/mol. The average Bonchev–Trinajstić information content (AvgIpc) is 3.15. The van der Waals surface area contributed by atoms with E-state index in [1.807, 2.05) is 60.7 Å². The molecular weight excluding hydrogens is 491 g/mol. The summed E-state index contributed by atoms with van der Waals surface area (Å²) >= 11 is 0. The summed E-state index contributed by atoms with van der Waals surface area (Å²) in [4.78, 5) is 19.5. The van der Waals surface area contributed by atoms with Gasteiger partial charge in [-0.05, 0) is 41.0 Å². The Balaban J connectivity index is 1.45. The first kappa shape index (κ1) is 24.2. The normalized spacial score (nSPS) is 14.9. The van der Waals surface area contributed by atoms with Crippen molar-refractivity contribution < 1.29 is 17.6 Å². The van der Waals surface area contributed by atoms with E-state index in [2.05, 4.69) is 9.71 Å². The lowest BCUT2D eigenvalue weighted by molar-refractivity contribution is -0.130. The molecule has 4 aromatic carbocycles. The van der Waals surface area contributed by atoms with Gasteiger partial charge < -0.3 is 5.73 Å². The molecule has 7 nitrogen and oxygen atoms in total. The van der Waals surface area contributed by atoms with Gasteiger partial charge >= 0.3 is 0 Å². The zero-order chi connectivity index (χ0) is 26.0. The minimum Gasteiger partial charge on any atom is -0.369 e. The number of sulfonamides is 1. The molecule has 4 aromatic rings. The maximum Gasteiger partial charge on any atom is 0.266 e. The van der Waals surface area contributed by atoms with Crippen molar-refractivity contribution in [3.05, 3.63) is 132 Å². The zero-order valence-corrected chi connectivity index (χ0v) is 20.4. The maximum absolute atomic E-state index is 14.1. The summed E-state index contributed by atoms with van der Waals surface area (Å²) in [5, 5.41) is 0. The molecule has 1 aliphatic rings. The summed E-state index contributed by atoms with van der Waals surface area (Å²) in [6, 6.07) is 30.1. The Labute approximate surface area is 214 Å². The molecule has 1 aliphatic heterocycles. The molecule has 37 heavy (non-hydrogen) atoms. The maximum atomic E-state index is 14.1. The molecule has 186 valence electrons. The van der Waals surface area contributed by atoms with Crippen molar-refractivity contribution in [2.24, 2.45) is 10.7 Å². The van der Waals surface area contributed by atoms with Gasteiger partial charge in [0.15, 0.2) is 11.5 Å². The third kappa shape index (κ3) is 4.45. The molecule has 1 heterocycles. The Morgan fingerprint density at radius 1 is 0.838 bits per heavy atom. The minimum atomic E-state index is -4.15. The molecule has 0 atom stereocenters. The van der Waals surface area contributed by atoms with Gasteiger partial charge in [0.2, 0.25) is 0 Å². The number of halogens is 1. The van der Waals surface area contributed by atoms with Crippen LogP contribution >= 0.6 is 0 Å².